The lowest BCUT2D eigenvalue weighted by Crippen LogP contribution is -2.50. The van der Waals surface area contributed by atoms with Crippen LogP contribution in [0, 0.1) is 0 Å². The van der Waals surface area contributed by atoms with E-state index in [1.165, 1.54) is 0 Å². The van der Waals surface area contributed by atoms with Crippen LogP contribution in [0.1, 0.15) is 24.5 Å². The minimum absolute atomic E-state index is 0.0721. The largest absolute Gasteiger partial charge is 0.480 e. The lowest BCUT2D eigenvalue weighted by Gasteiger charge is -2.24. The van der Waals surface area contributed by atoms with Crippen molar-refractivity contribution in [3.05, 3.63) is 35.9 Å². The maximum Gasteiger partial charge on any atom is 0.322 e. The second-order valence-corrected chi connectivity index (χ2v) is 7.90. The summed E-state index contributed by atoms with van der Waals surface area (Å²) in [5.41, 5.74) is 5.92. The fourth-order valence-corrected chi connectivity index (χ4v) is 3.59. The molecule has 0 aliphatic carbocycles. The van der Waals surface area contributed by atoms with Gasteiger partial charge in [-0.2, -0.15) is 11.8 Å². The fourth-order valence-electron chi connectivity index (χ4n) is 2.47. The number of hydrogen-bond acceptors (Lipinski definition) is 8. The van der Waals surface area contributed by atoms with Gasteiger partial charge in [0, 0.05) is 12.2 Å². The number of carbonyl (C=O) groups is 4. The molecule has 4 atom stereocenters. The summed E-state index contributed by atoms with van der Waals surface area (Å²) >= 11 is 1.02. The molecule has 0 spiro atoms. The first kappa shape index (κ1) is 26.4. The van der Waals surface area contributed by atoms with Crippen LogP contribution < -0.4 is 16.4 Å². The first-order chi connectivity index (χ1) is 14.6. The van der Waals surface area contributed by atoms with Crippen LogP contribution in [0.25, 0.3) is 0 Å². The van der Waals surface area contributed by atoms with Gasteiger partial charge in [-0.15, -0.1) is 0 Å². The zero-order valence-corrected chi connectivity index (χ0v) is 17.5. The molecule has 12 heteroatoms. The number of nitrogens with one attached hydrogen (secondary N) is 2. The zero-order valence-electron chi connectivity index (χ0n) is 16.6. The van der Waals surface area contributed by atoms with E-state index < -0.39 is 60.3 Å². The van der Waals surface area contributed by atoms with Gasteiger partial charge in [0.05, 0.1) is 18.0 Å². The van der Waals surface area contributed by atoms with Crippen LogP contribution in [0.5, 0.6) is 0 Å². The van der Waals surface area contributed by atoms with Crippen LogP contribution in [0.4, 0.5) is 0 Å². The summed E-state index contributed by atoms with van der Waals surface area (Å²) in [6.07, 6.45) is -1.44. The number of carbonyl (C=O) groups excluding carboxylic acids is 2. The smallest absolute Gasteiger partial charge is 0.322 e. The predicted molar refractivity (Wildman–Crippen MR) is 112 cm³/mol. The molecule has 0 radical (unpaired) electrons. The number of aliphatic hydroxyl groups excluding tert-OH is 2. The molecular weight excluding hydrogens is 430 g/mol. The molecular formula is C19H27N3O8S. The Morgan fingerprint density at radius 1 is 1.10 bits per heavy atom. The molecule has 11 nitrogen and oxygen atoms in total. The van der Waals surface area contributed by atoms with E-state index in [1.54, 1.807) is 30.3 Å². The van der Waals surface area contributed by atoms with Crippen molar-refractivity contribution in [3.8, 4) is 0 Å². The number of rotatable bonds is 14. The van der Waals surface area contributed by atoms with Crippen LogP contribution in [-0.2, 0) is 19.2 Å². The van der Waals surface area contributed by atoms with Crippen molar-refractivity contribution < 1.29 is 39.6 Å². The number of amides is 2. The topological polar surface area (TPSA) is 199 Å². The van der Waals surface area contributed by atoms with Crippen molar-refractivity contribution in [3.63, 3.8) is 0 Å². The Labute approximate surface area is 183 Å². The van der Waals surface area contributed by atoms with E-state index in [0.29, 0.717) is 5.56 Å². The Morgan fingerprint density at radius 2 is 1.74 bits per heavy atom. The normalized spacial score (nSPS) is 14.7. The first-order valence-electron chi connectivity index (χ1n) is 9.38. The number of benzene rings is 1. The van der Waals surface area contributed by atoms with E-state index in [1.807, 2.05) is 0 Å². The van der Waals surface area contributed by atoms with E-state index in [2.05, 4.69) is 10.6 Å². The maximum absolute atomic E-state index is 12.3. The van der Waals surface area contributed by atoms with Gasteiger partial charge in [-0.1, -0.05) is 30.3 Å². The average molecular weight is 458 g/mol. The number of carboxylic acid groups (broad SMARTS) is 2. The highest BCUT2D eigenvalue weighted by Gasteiger charge is 2.27. The van der Waals surface area contributed by atoms with E-state index in [9.17, 15) is 29.4 Å². The summed E-state index contributed by atoms with van der Waals surface area (Å²) in [6, 6.07) is 6.17. The van der Waals surface area contributed by atoms with Crippen LogP contribution >= 0.6 is 11.8 Å². The molecule has 8 N–H and O–H groups in total. The molecule has 0 fully saturated rings. The molecule has 0 aliphatic rings. The SMILES string of the molecule is NC(CCC(=O)NC(CSC(CO)C(O)c1ccccc1)C(=O)NCC(=O)O)C(=O)O. The molecule has 172 valence electrons. The van der Waals surface area contributed by atoms with E-state index in [4.69, 9.17) is 15.9 Å². The minimum atomic E-state index is -1.27. The Hall–Kier alpha value is -2.67. The van der Waals surface area contributed by atoms with Gasteiger partial charge in [0.2, 0.25) is 11.8 Å². The highest BCUT2D eigenvalue weighted by atomic mass is 32.2. The summed E-state index contributed by atoms with van der Waals surface area (Å²) in [6.45, 7) is -1.07. The quantitative estimate of drug-likeness (QED) is 0.176. The Kier molecular flexibility index (Phi) is 11.6. The standard InChI is InChI=1S/C19H27N3O8S/c20-12(19(29)30)6-7-15(24)22-13(18(28)21-8-16(25)26)10-31-14(9-23)17(27)11-4-2-1-3-5-11/h1-5,12-14,17,23,27H,6-10,20H2,(H,21,28)(H,22,24)(H,25,26)(H,29,30). The third-order valence-corrected chi connectivity index (χ3v) is 5.58. The van der Waals surface area contributed by atoms with E-state index in [0.717, 1.165) is 11.8 Å². The monoisotopic (exact) mass is 457 g/mol. The summed E-state index contributed by atoms with van der Waals surface area (Å²) in [5, 5.41) is 41.5. The van der Waals surface area contributed by atoms with Gasteiger partial charge in [0.1, 0.15) is 18.6 Å². The molecule has 2 amide bonds. The molecule has 0 heterocycles. The second-order valence-electron chi connectivity index (χ2n) is 6.62. The Morgan fingerprint density at radius 3 is 2.29 bits per heavy atom. The Balaban J connectivity index is 2.77. The highest BCUT2D eigenvalue weighted by Crippen LogP contribution is 2.26. The van der Waals surface area contributed by atoms with Gasteiger partial charge in [-0.05, 0) is 12.0 Å². The van der Waals surface area contributed by atoms with Crippen LogP contribution in [-0.4, -0.2) is 80.4 Å². The molecule has 1 rings (SSSR count). The van der Waals surface area contributed by atoms with Crippen molar-refractivity contribution in [2.45, 2.75) is 36.3 Å². The maximum atomic E-state index is 12.3. The number of carboxylic acids is 2. The van der Waals surface area contributed by atoms with Gasteiger partial charge in [-0.25, -0.2) is 0 Å². The predicted octanol–water partition coefficient (Wildman–Crippen LogP) is -1.31. The molecule has 0 saturated heterocycles. The van der Waals surface area contributed by atoms with Crippen LogP contribution in [0.2, 0.25) is 0 Å². The second kappa shape index (κ2) is 13.6. The van der Waals surface area contributed by atoms with Crippen molar-refractivity contribution in [2.75, 3.05) is 18.9 Å². The van der Waals surface area contributed by atoms with Gasteiger partial charge in [0.15, 0.2) is 0 Å². The number of nitrogens with two attached hydrogens (primary N) is 1. The highest BCUT2D eigenvalue weighted by molar-refractivity contribution is 8.00. The lowest BCUT2D eigenvalue weighted by atomic mass is 10.1. The molecule has 1 aromatic carbocycles. The van der Waals surface area contributed by atoms with Gasteiger partial charge >= 0.3 is 11.9 Å². The third kappa shape index (κ3) is 9.79. The van der Waals surface area contributed by atoms with Crippen molar-refractivity contribution in [1.82, 2.24) is 10.6 Å². The molecule has 0 aliphatic heterocycles. The number of thioether (sulfide) groups is 1. The van der Waals surface area contributed by atoms with Gasteiger partial charge < -0.3 is 36.8 Å². The molecule has 4 unspecified atom stereocenters. The van der Waals surface area contributed by atoms with Crippen molar-refractivity contribution in [1.29, 1.82) is 0 Å². The molecule has 0 saturated carbocycles. The van der Waals surface area contributed by atoms with E-state index >= 15 is 0 Å². The fraction of sp³-hybridized carbons (Fsp3) is 0.474. The van der Waals surface area contributed by atoms with Crippen LogP contribution in [0.15, 0.2) is 30.3 Å². The molecule has 0 aromatic heterocycles. The van der Waals surface area contributed by atoms with Crippen molar-refractivity contribution in [2.24, 2.45) is 5.73 Å². The Bertz CT molecular complexity index is 749. The summed E-state index contributed by atoms with van der Waals surface area (Å²) < 4.78 is 0. The average Bonchev–Trinajstić information content (AvgIpc) is 2.75. The van der Waals surface area contributed by atoms with Gasteiger partial charge in [-0.3, -0.25) is 19.2 Å². The third-order valence-electron chi connectivity index (χ3n) is 4.22. The van der Waals surface area contributed by atoms with E-state index in [-0.39, 0.29) is 18.6 Å². The minimum Gasteiger partial charge on any atom is -0.480 e. The summed E-state index contributed by atoms with van der Waals surface area (Å²) in [7, 11) is 0. The lowest BCUT2D eigenvalue weighted by molar-refractivity contribution is -0.139. The summed E-state index contributed by atoms with van der Waals surface area (Å²) in [5.74, 6) is -4.02. The molecule has 1 aromatic rings. The van der Waals surface area contributed by atoms with Crippen molar-refractivity contribution >= 4 is 35.5 Å². The molecule has 0 bridgehead atoms. The zero-order chi connectivity index (χ0) is 23.4. The summed E-state index contributed by atoms with van der Waals surface area (Å²) in [4.78, 5) is 45.9. The van der Waals surface area contributed by atoms with Gasteiger partial charge in [0.25, 0.3) is 0 Å². The number of aliphatic hydroxyl groups is 2. The number of aliphatic carboxylic acids is 2. The number of hydrogen-bond donors (Lipinski definition) is 7. The molecule has 31 heavy (non-hydrogen) atoms. The first-order valence-corrected chi connectivity index (χ1v) is 10.4. The van der Waals surface area contributed by atoms with Crippen LogP contribution in [0.3, 0.4) is 0 Å².